The van der Waals surface area contributed by atoms with Gasteiger partial charge in [-0.3, -0.25) is 14.9 Å². The minimum Gasteiger partial charge on any atom is -0.486 e. The van der Waals surface area contributed by atoms with E-state index < -0.39 is 4.92 Å². The number of nitrogens with zero attached hydrogens (tertiary/aromatic N) is 1. The fraction of sp³-hybridized carbons (Fsp3) is 0.0556. The van der Waals surface area contributed by atoms with Crippen molar-refractivity contribution in [2.45, 2.75) is 6.61 Å². The SMILES string of the molecule is O=C(Nc1ccccc1)c1ccc(COc2ccc([N+](=O)[O-])cc2)o1. The monoisotopic (exact) mass is 338 g/mol. The lowest BCUT2D eigenvalue weighted by atomic mass is 10.3. The van der Waals surface area contributed by atoms with Gasteiger partial charge in [0.15, 0.2) is 5.76 Å². The molecule has 3 rings (SSSR count). The van der Waals surface area contributed by atoms with E-state index in [4.69, 9.17) is 9.15 Å². The molecule has 1 heterocycles. The summed E-state index contributed by atoms with van der Waals surface area (Å²) in [5, 5.41) is 13.3. The molecule has 126 valence electrons. The van der Waals surface area contributed by atoms with Crippen LogP contribution in [0.1, 0.15) is 16.3 Å². The van der Waals surface area contributed by atoms with Crippen molar-refractivity contribution in [3.63, 3.8) is 0 Å². The molecule has 1 aromatic heterocycles. The van der Waals surface area contributed by atoms with Gasteiger partial charge < -0.3 is 14.5 Å². The Morgan fingerprint density at radius 3 is 2.44 bits per heavy atom. The zero-order valence-electron chi connectivity index (χ0n) is 13.0. The molecule has 1 N–H and O–H groups in total. The Kier molecular flexibility index (Phi) is 4.75. The van der Waals surface area contributed by atoms with Crippen molar-refractivity contribution in [3.8, 4) is 5.75 Å². The minimum absolute atomic E-state index is 0.00906. The van der Waals surface area contributed by atoms with Crippen LogP contribution in [0.25, 0.3) is 0 Å². The summed E-state index contributed by atoms with van der Waals surface area (Å²) in [6.45, 7) is 0.108. The Hall–Kier alpha value is -3.61. The van der Waals surface area contributed by atoms with Gasteiger partial charge in [-0.25, -0.2) is 0 Å². The average Bonchev–Trinajstić information content (AvgIpc) is 3.10. The van der Waals surface area contributed by atoms with Gasteiger partial charge in [-0.2, -0.15) is 0 Å². The van der Waals surface area contributed by atoms with E-state index in [1.54, 1.807) is 24.3 Å². The number of anilines is 1. The lowest BCUT2D eigenvalue weighted by Gasteiger charge is -2.04. The second-order valence-corrected chi connectivity index (χ2v) is 5.13. The molecular weight excluding hydrogens is 324 g/mol. The number of nitro benzene ring substituents is 1. The molecule has 3 aromatic rings. The third kappa shape index (κ3) is 4.23. The van der Waals surface area contributed by atoms with Crippen molar-refractivity contribution in [1.29, 1.82) is 0 Å². The van der Waals surface area contributed by atoms with E-state index in [9.17, 15) is 14.9 Å². The van der Waals surface area contributed by atoms with Crippen molar-refractivity contribution in [2.24, 2.45) is 0 Å². The Balaban J connectivity index is 1.58. The number of carbonyl (C=O) groups is 1. The number of amides is 1. The van der Waals surface area contributed by atoms with Crippen molar-refractivity contribution < 1.29 is 18.9 Å². The molecule has 0 saturated heterocycles. The molecule has 7 heteroatoms. The molecule has 1 amide bonds. The second-order valence-electron chi connectivity index (χ2n) is 5.13. The molecule has 0 saturated carbocycles. The van der Waals surface area contributed by atoms with E-state index in [0.717, 1.165) is 0 Å². The van der Waals surface area contributed by atoms with Crippen molar-refractivity contribution in [2.75, 3.05) is 5.32 Å². The number of non-ortho nitro benzene ring substituents is 1. The number of carbonyl (C=O) groups excluding carboxylic acids is 1. The number of nitro groups is 1. The Bertz CT molecular complexity index is 872. The first-order valence-corrected chi connectivity index (χ1v) is 7.44. The van der Waals surface area contributed by atoms with Gasteiger partial charge in [0, 0.05) is 17.8 Å². The lowest BCUT2D eigenvalue weighted by molar-refractivity contribution is -0.384. The molecule has 0 radical (unpaired) electrons. The highest BCUT2D eigenvalue weighted by Gasteiger charge is 2.12. The number of hydrogen-bond donors (Lipinski definition) is 1. The van der Waals surface area contributed by atoms with Gasteiger partial charge in [0.2, 0.25) is 0 Å². The molecule has 0 unspecified atom stereocenters. The summed E-state index contributed by atoms with van der Waals surface area (Å²) in [5.74, 6) is 0.757. The van der Waals surface area contributed by atoms with Crippen LogP contribution in [-0.4, -0.2) is 10.8 Å². The van der Waals surface area contributed by atoms with Crippen LogP contribution in [0.5, 0.6) is 5.75 Å². The average molecular weight is 338 g/mol. The maximum atomic E-state index is 12.1. The van der Waals surface area contributed by atoms with Gasteiger partial charge in [-0.15, -0.1) is 0 Å². The van der Waals surface area contributed by atoms with E-state index in [0.29, 0.717) is 17.2 Å². The van der Waals surface area contributed by atoms with Crippen LogP contribution in [0.15, 0.2) is 71.1 Å². The van der Waals surface area contributed by atoms with Crippen LogP contribution in [0.4, 0.5) is 11.4 Å². The summed E-state index contributed by atoms with van der Waals surface area (Å²) in [6.07, 6.45) is 0. The molecular formula is C18H14N2O5. The third-order valence-corrected chi connectivity index (χ3v) is 3.35. The van der Waals surface area contributed by atoms with E-state index in [1.165, 1.54) is 24.3 Å². The van der Waals surface area contributed by atoms with E-state index in [2.05, 4.69) is 5.32 Å². The highest BCUT2D eigenvalue weighted by atomic mass is 16.6. The fourth-order valence-electron chi connectivity index (χ4n) is 2.11. The van der Waals surface area contributed by atoms with Gasteiger partial charge in [-0.1, -0.05) is 18.2 Å². The van der Waals surface area contributed by atoms with Gasteiger partial charge in [0.25, 0.3) is 11.6 Å². The minimum atomic E-state index is -0.478. The molecule has 2 aromatic carbocycles. The third-order valence-electron chi connectivity index (χ3n) is 3.35. The molecule has 0 aliphatic heterocycles. The zero-order chi connectivity index (χ0) is 17.6. The summed E-state index contributed by atoms with van der Waals surface area (Å²) in [5.41, 5.74) is 0.665. The van der Waals surface area contributed by atoms with Gasteiger partial charge in [-0.05, 0) is 36.4 Å². The van der Waals surface area contributed by atoms with Crippen LogP contribution in [0, 0.1) is 10.1 Å². The first kappa shape index (κ1) is 16.3. The summed E-state index contributed by atoms with van der Waals surface area (Å²) < 4.78 is 10.9. The predicted octanol–water partition coefficient (Wildman–Crippen LogP) is 4.02. The van der Waals surface area contributed by atoms with Crippen LogP contribution >= 0.6 is 0 Å². The molecule has 0 bridgehead atoms. The first-order valence-electron chi connectivity index (χ1n) is 7.44. The quantitative estimate of drug-likeness (QED) is 0.541. The lowest BCUT2D eigenvalue weighted by Crippen LogP contribution is -2.10. The van der Waals surface area contributed by atoms with E-state index in [-0.39, 0.29) is 24.0 Å². The summed E-state index contributed by atoms with van der Waals surface area (Å²) in [6, 6.07) is 18.0. The van der Waals surface area contributed by atoms with Crippen LogP contribution in [0.2, 0.25) is 0 Å². The van der Waals surface area contributed by atoms with Crippen molar-refractivity contribution in [3.05, 3.63) is 88.4 Å². The van der Waals surface area contributed by atoms with Crippen molar-refractivity contribution in [1.82, 2.24) is 0 Å². The highest BCUT2D eigenvalue weighted by molar-refractivity contribution is 6.02. The van der Waals surface area contributed by atoms with Crippen LogP contribution in [-0.2, 0) is 6.61 Å². The van der Waals surface area contributed by atoms with Crippen molar-refractivity contribution >= 4 is 17.3 Å². The Labute approximate surface area is 143 Å². The standard InChI is InChI=1S/C18H14N2O5/c21-18(19-13-4-2-1-3-5-13)17-11-10-16(25-17)12-24-15-8-6-14(7-9-15)20(22)23/h1-11H,12H2,(H,19,21). The normalized spacial score (nSPS) is 10.2. The molecule has 0 aliphatic rings. The number of nitrogens with one attached hydrogen (secondary N) is 1. The smallest absolute Gasteiger partial charge is 0.291 e. The second kappa shape index (κ2) is 7.31. The topological polar surface area (TPSA) is 94.6 Å². The number of para-hydroxylation sites is 1. The molecule has 0 fully saturated rings. The molecule has 0 aliphatic carbocycles. The maximum Gasteiger partial charge on any atom is 0.291 e. The largest absolute Gasteiger partial charge is 0.486 e. The van der Waals surface area contributed by atoms with Gasteiger partial charge in [0.05, 0.1) is 4.92 Å². The summed E-state index contributed by atoms with van der Waals surface area (Å²) in [4.78, 5) is 22.2. The van der Waals surface area contributed by atoms with Crippen LogP contribution in [0.3, 0.4) is 0 Å². The van der Waals surface area contributed by atoms with E-state index in [1.807, 2.05) is 18.2 Å². The Morgan fingerprint density at radius 1 is 1.04 bits per heavy atom. The number of hydrogen-bond acceptors (Lipinski definition) is 5. The Morgan fingerprint density at radius 2 is 1.76 bits per heavy atom. The number of rotatable bonds is 6. The maximum absolute atomic E-state index is 12.1. The zero-order valence-corrected chi connectivity index (χ0v) is 13.0. The highest BCUT2D eigenvalue weighted by Crippen LogP contribution is 2.19. The molecule has 25 heavy (non-hydrogen) atoms. The number of ether oxygens (including phenoxy) is 1. The van der Waals surface area contributed by atoms with Gasteiger partial charge >= 0.3 is 0 Å². The first-order chi connectivity index (χ1) is 12.1. The van der Waals surface area contributed by atoms with Crippen LogP contribution < -0.4 is 10.1 Å². The number of furan rings is 1. The van der Waals surface area contributed by atoms with Gasteiger partial charge in [0.1, 0.15) is 18.1 Å². The molecule has 0 atom stereocenters. The summed E-state index contributed by atoms with van der Waals surface area (Å²) in [7, 11) is 0. The van der Waals surface area contributed by atoms with E-state index >= 15 is 0 Å². The number of benzene rings is 2. The summed E-state index contributed by atoms with van der Waals surface area (Å²) >= 11 is 0. The molecule has 0 spiro atoms. The molecule has 7 nitrogen and oxygen atoms in total. The fourth-order valence-corrected chi connectivity index (χ4v) is 2.11. The predicted molar refractivity (Wildman–Crippen MR) is 90.5 cm³/mol.